The number of carbonyl (C=O) groups is 3. The topological polar surface area (TPSA) is 126 Å². The van der Waals surface area contributed by atoms with Crippen LogP contribution in [0.15, 0.2) is 85.1 Å². The molecule has 2 aliphatic rings. The molecule has 1 saturated heterocycles. The van der Waals surface area contributed by atoms with Crippen molar-refractivity contribution >= 4 is 23.8 Å². The molecule has 1 fully saturated rings. The van der Waals surface area contributed by atoms with Gasteiger partial charge in [0, 0.05) is 32.6 Å². The smallest absolute Gasteiger partial charge is 0.412 e. The summed E-state index contributed by atoms with van der Waals surface area (Å²) in [5.74, 6) is -1.75. The number of aryl methyl sites for hydroxylation is 1. The summed E-state index contributed by atoms with van der Waals surface area (Å²) in [5, 5.41) is 19.6. The summed E-state index contributed by atoms with van der Waals surface area (Å²) in [5.41, 5.74) is 4.06. The van der Waals surface area contributed by atoms with Crippen molar-refractivity contribution < 1.29 is 24.2 Å². The quantitative estimate of drug-likeness (QED) is 0.292. The highest BCUT2D eigenvalue weighted by Crippen LogP contribution is 2.44. The van der Waals surface area contributed by atoms with Gasteiger partial charge in [-0.15, -0.1) is 0 Å². The molecule has 214 valence electrons. The second-order valence-corrected chi connectivity index (χ2v) is 10.8. The highest BCUT2D eigenvalue weighted by Gasteiger charge is 2.46. The van der Waals surface area contributed by atoms with Crippen LogP contribution in [0.1, 0.15) is 39.4 Å². The average Bonchev–Trinajstić information content (AvgIpc) is 3.67. The van der Waals surface area contributed by atoms with E-state index in [1.165, 1.54) is 10.9 Å². The normalized spacial score (nSPS) is 17.8. The monoisotopic (exact) mass is 565 g/mol. The average molecular weight is 566 g/mol. The van der Waals surface area contributed by atoms with Gasteiger partial charge in [-0.3, -0.25) is 19.7 Å². The molecule has 1 aromatic heterocycles. The maximum Gasteiger partial charge on any atom is 0.412 e. The van der Waals surface area contributed by atoms with Crippen molar-refractivity contribution in [2.75, 3.05) is 25.0 Å². The molecule has 0 saturated carbocycles. The third kappa shape index (κ3) is 5.12. The van der Waals surface area contributed by atoms with Crippen molar-refractivity contribution in [3.05, 3.63) is 107 Å². The van der Waals surface area contributed by atoms with Gasteiger partial charge in [0.25, 0.3) is 5.91 Å². The van der Waals surface area contributed by atoms with Crippen molar-refractivity contribution in [1.29, 1.82) is 0 Å². The lowest BCUT2D eigenvalue weighted by Gasteiger charge is -2.26. The first-order valence-electron chi connectivity index (χ1n) is 13.8. The number of aromatic nitrogens is 2. The molecule has 3 aromatic carbocycles. The molecule has 10 heteroatoms. The van der Waals surface area contributed by atoms with E-state index in [-0.39, 0.29) is 36.9 Å². The first-order valence-corrected chi connectivity index (χ1v) is 13.8. The van der Waals surface area contributed by atoms with Gasteiger partial charge in [-0.1, -0.05) is 78.9 Å². The number of nitrogens with one attached hydrogen (secondary N) is 2. The third-order valence-electron chi connectivity index (χ3n) is 8.11. The lowest BCUT2D eigenvalue weighted by Crippen LogP contribution is -2.56. The first-order chi connectivity index (χ1) is 20.3. The van der Waals surface area contributed by atoms with E-state index >= 15 is 0 Å². The minimum Gasteiger partial charge on any atom is -0.479 e. The summed E-state index contributed by atoms with van der Waals surface area (Å²) in [7, 11) is 1.58. The number of fused-ring (bicyclic) bond motifs is 3. The Bertz CT molecular complexity index is 1610. The number of hydrogen-bond donors (Lipinski definition) is 3. The van der Waals surface area contributed by atoms with Gasteiger partial charge in [0.2, 0.25) is 0 Å². The van der Waals surface area contributed by atoms with E-state index in [0.29, 0.717) is 13.1 Å². The van der Waals surface area contributed by atoms with Crippen molar-refractivity contribution in [2.45, 2.75) is 24.4 Å². The molecule has 0 radical (unpaired) electrons. The third-order valence-corrected chi connectivity index (χ3v) is 8.11. The van der Waals surface area contributed by atoms with Crippen LogP contribution in [0.3, 0.4) is 0 Å². The first kappa shape index (κ1) is 27.2. The molecule has 1 aliphatic heterocycles. The molecule has 4 aromatic rings. The van der Waals surface area contributed by atoms with Crippen LogP contribution < -0.4 is 10.6 Å². The number of rotatable bonds is 8. The van der Waals surface area contributed by atoms with Crippen LogP contribution in [0.4, 0.5) is 10.6 Å². The van der Waals surface area contributed by atoms with Crippen LogP contribution in [0.5, 0.6) is 0 Å². The SMILES string of the molecule is Cn1ncc(C(=O)NC2(C(=O)O)CCN(Cc3ccccc3)C2)c1NC(=O)OCC1c2ccccc2-c2ccccc21. The van der Waals surface area contributed by atoms with E-state index in [9.17, 15) is 19.5 Å². The van der Waals surface area contributed by atoms with Gasteiger partial charge in [-0.05, 0) is 34.2 Å². The Morgan fingerprint density at radius 3 is 2.29 bits per heavy atom. The van der Waals surface area contributed by atoms with E-state index < -0.39 is 23.5 Å². The standard InChI is InChI=1S/C32H31N5O5/c1-36-28(34-31(41)42-19-27-24-13-7-5-11-22(24)23-12-6-8-14-25(23)27)26(17-33-36)29(38)35-32(30(39)40)15-16-37(20-32)18-21-9-3-2-4-10-21/h2-14,17,27H,15-16,18-20H2,1H3,(H,34,41)(H,35,38)(H,39,40). The zero-order chi connectivity index (χ0) is 29.3. The lowest BCUT2D eigenvalue weighted by atomic mass is 9.98. The van der Waals surface area contributed by atoms with Gasteiger partial charge in [0.05, 0.1) is 6.20 Å². The Morgan fingerprint density at radius 1 is 0.976 bits per heavy atom. The molecular formula is C32H31N5O5. The number of hydrogen-bond acceptors (Lipinski definition) is 6. The Hall–Kier alpha value is -4.96. The molecule has 6 rings (SSSR count). The molecular weight excluding hydrogens is 534 g/mol. The van der Waals surface area contributed by atoms with Crippen molar-refractivity contribution in [2.24, 2.45) is 7.05 Å². The summed E-state index contributed by atoms with van der Waals surface area (Å²) in [6, 6.07) is 25.9. The summed E-state index contributed by atoms with van der Waals surface area (Å²) in [6.07, 6.45) is 0.814. The van der Waals surface area contributed by atoms with Gasteiger partial charge in [-0.25, -0.2) is 9.59 Å². The number of aliphatic carboxylic acids is 1. The largest absolute Gasteiger partial charge is 0.479 e. The Morgan fingerprint density at radius 2 is 1.62 bits per heavy atom. The van der Waals surface area contributed by atoms with Crippen LogP contribution in [0.25, 0.3) is 11.1 Å². The van der Waals surface area contributed by atoms with Crippen LogP contribution >= 0.6 is 0 Å². The number of carbonyl (C=O) groups excluding carboxylic acids is 2. The van der Waals surface area contributed by atoms with Crippen LogP contribution in [0, 0.1) is 0 Å². The number of carboxylic acids is 1. The fraction of sp³-hybridized carbons (Fsp3) is 0.250. The number of benzene rings is 3. The second-order valence-electron chi connectivity index (χ2n) is 10.8. The molecule has 3 N–H and O–H groups in total. The van der Waals surface area contributed by atoms with Crippen LogP contribution in [-0.4, -0.2) is 63.0 Å². The molecule has 10 nitrogen and oxygen atoms in total. The van der Waals surface area contributed by atoms with E-state index in [0.717, 1.165) is 27.8 Å². The van der Waals surface area contributed by atoms with Gasteiger partial charge in [0.15, 0.2) is 5.54 Å². The van der Waals surface area contributed by atoms with E-state index in [1.54, 1.807) is 7.05 Å². The molecule has 1 aliphatic carbocycles. The summed E-state index contributed by atoms with van der Waals surface area (Å²) in [4.78, 5) is 40.7. The van der Waals surface area contributed by atoms with Gasteiger partial charge >= 0.3 is 12.1 Å². The predicted molar refractivity (Wildman–Crippen MR) is 156 cm³/mol. The fourth-order valence-corrected chi connectivity index (χ4v) is 5.96. The summed E-state index contributed by atoms with van der Waals surface area (Å²) >= 11 is 0. The maximum atomic E-state index is 13.4. The Labute approximate surface area is 242 Å². The van der Waals surface area contributed by atoms with E-state index in [1.807, 2.05) is 71.6 Å². The fourth-order valence-electron chi connectivity index (χ4n) is 5.96. The minimum absolute atomic E-state index is 0.0492. The van der Waals surface area contributed by atoms with Gasteiger partial charge in [0.1, 0.15) is 18.0 Å². The van der Waals surface area contributed by atoms with Crippen LogP contribution in [0.2, 0.25) is 0 Å². The number of anilines is 1. The van der Waals surface area contributed by atoms with Gasteiger partial charge < -0.3 is 15.2 Å². The molecule has 2 heterocycles. The number of carboxylic acid groups (broad SMARTS) is 1. The second kappa shape index (κ2) is 11.1. The Balaban J connectivity index is 1.13. The molecule has 0 bridgehead atoms. The van der Waals surface area contributed by atoms with Crippen molar-refractivity contribution in [3.63, 3.8) is 0 Å². The van der Waals surface area contributed by atoms with Crippen molar-refractivity contribution in [3.8, 4) is 11.1 Å². The summed E-state index contributed by atoms with van der Waals surface area (Å²) < 4.78 is 6.99. The zero-order valence-electron chi connectivity index (χ0n) is 23.1. The minimum atomic E-state index is -1.47. The Kier molecular flexibility index (Phi) is 7.22. The summed E-state index contributed by atoms with van der Waals surface area (Å²) in [6.45, 7) is 1.35. The number of likely N-dealkylation sites (tertiary alicyclic amines) is 1. The lowest BCUT2D eigenvalue weighted by molar-refractivity contribution is -0.144. The highest BCUT2D eigenvalue weighted by molar-refractivity contribution is 6.03. The molecule has 1 unspecified atom stereocenters. The number of amides is 2. The van der Waals surface area contributed by atoms with Gasteiger partial charge in [-0.2, -0.15) is 5.10 Å². The molecule has 42 heavy (non-hydrogen) atoms. The molecule has 1 atom stereocenters. The predicted octanol–water partition coefficient (Wildman–Crippen LogP) is 4.24. The van der Waals surface area contributed by atoms with E-state index in [2.05, 4.69) is 27.9 Å². The van der Waals surface area contributed by atoms with E-state index in [4.69, 9.17) is 4.74 Å². The molecule has 2 amide bonds. The maximum absolute atomic E-state index is 13.4. The van der Waals surface area contributed by atoms with Crippen molar-refractivity contribution in [1.82, 2.24) is 20.0 Å². The highest BCUT2D eigenvalue weighted by atomic mass is 16.5. The number of ether oxygens (including phenoxy) is 1. The van der Waals surface area contributed by atoms with Crippen LogP contribution in [-0.2, 0) is 23.1 Å². The molecule has 0 spiro atoms. The zero-order valence-corrected chi connectivity index (χ0v) is 23.1. The number of nitrogens with zero attached hydrogens (tertiary/aromatic N) is 3.